The third kappa shape index (κ3) is 5.85. The molecule has 0 radical (unpaired) electrons. The fourth-order valence-corrected chi connectivity index (χ4v) is 5.37. The molecular weight excluding hydrogens is 441 g/mol. The molecule has 4 nitrogen and oxygen atoms in total. The lowest BCUT2D eigenvalue weighted by Gasteiger charge is -2.31. The summed E-state index contributed by atoms with van der Waals surface area (Å²) in [6, 6.07) is 8.78. The van der Waals surface area contributed by atoms with E-state index in [9.17, 15) is 18.0 Å². The minimum atomic E-state index is -4.43. The van der Waals surface area contributed by atoms with Gasteiger partial charge in [-0.3, -0.25) is 9.69 Å². The van der Waals surface area contributed by atoms with Gasteiger partial charge in [-0.15, -0.1) is 0 Å². The van der Waals surface area contributed by atoms with Gasteiger partial charge in [0.15, 0.2) is 0 Å². The van der Waals surface area contributed by atoms with Crippen LogP contribution in [0.4, 0.5) is 18.9 Å². The number of alkyl halides is 3. The van der Waals surface area contributed by atoms with E-state index < -0.39 is 11.7 Å². The summed E-state index contributed by atoms with van der Waals surface area (Å²) in [7, 11) is 0. The Labute approximate surface area is 199 Å². The highest BCUT2D eigenvalue weighted by Crippen LogP contribution is 2.41. The standard InChI is InChI=1S/C27H35F3N2O2/c1-3-34-26(33)20-12-14-32(15-13-20)17-19-6-10-23-21(16-19)7-11-24(25(23)27(28,29)30)31-22-8-4-18(2)5-9-22/h6-7,10-11,16,18,20,22,31H,3-5,8-9,12-15,17H2,1-2H3/t18-,22+. The third-order valence-corrected chi connectivity index (χ3v) is 7.36. The monoisotopic (exact) mass is 476 g/mol. The zero-order valence-corrected chi connectivity index (χ0v) is 20.1. The number of likely N-dealkylation sites (tertiary alicyclic amines) is 1. The van der Waals surface area contributed by atoms with Gasteiger partial charge in [0.25, 0.3) is 0 Å². The number of benzene rings is 2. The number of ether oxygens (including phenoxy) is 1. The molecule has 1 saturated carbocycles. The van der Waals surface area contributed by atoms with Crippen molar-refractivity contribution in [3.8, 4) is 0 Å². The maximum atomic E-state index is 14.1. The molecule has 7 heteroatoms. The van der Waals surface area contributed by atoms with E-state index in [-0.39, 0.29) is 29.0 Å². The van der Waals surface area contributed by atoms with Crippen LogP contribution in [0, 0.1) is 11.8 Å². The molecule has 34 heavy (non-hydrogen) atoms. The molecule has 0 atom stereocenters. The summed E-state index contributed by atoms with van der Waals surface area (Å²) in [6.45, 7) is 6.62. The van der Waals surface area contributed by atoms with Crippen LogP contribution in [-0.4, -0.2) is 36.6 Å². The number of carbonyl (C=O) groups excluding carboxylic acids is 1. The normalized spacial score (nSPS) is 22.6. The minimum absolute atomic E-state index is 0.0551. The van der Waals surface area contributed by atoms with Gasteiger partial charge in [-0.25, -0.2) is 0 Å². The Kier molecular flexibility index (Phi) is 7.70. The summed E-state index contributed by atoms with van der Waals surface area (Å²) in [5.41, 5.74) is 0.607. The van der Waals surface area contributed by atoms with Crippen molar-refractivity contribution >= 4 is 22.4 Å². The highest BCUT2D eigenvalue weighted by molar-refractivity contribution is 5.91. The van der Waals surface area contributed by atoms with Crippen LogP contribution in [0.25, 0.3) is 10.8 Å². The van der Waals surface area contributed by atoms with E-state index in [4.69, 9.17) is 4.74 Å². The van der Waals surface area contributed by atoms with Crippen molar-refractivity contribution in [1.29, 1.82) is 0 Å². The van der Waals surface area contributed by atoms with E-state index in [1.807, 2.05) is 13.0 Å². The molecular formula is C27H35F3N2O2. The maximum absolute atomic E-state index is 14.1. The Morgan fingerprint density at radius 2 is 1.76 bits per heavy atom. The van der Waals surface area contributed by atoms with E-state index in [0.29, 0.717) is 24.5 Å². The molecule has 0 amide bonds. The van der Waals surface area contributed by atoms with Crippen molar-refractivity contribution in [3.05, 3.63) is 41.5 Å². The lowest BCUT2D eigenvalue weighted by atomic mass is 9.87. The molecule has 2 aromatic rings. The SMILES string of the molecule is CCOC(=O)C1CCN(Cc2ccc3c(C(F)(F)F)c(N[C@H]4CC[C@@H](C)CC4)ccc3c2)CC1. The zero-order chi connectivity index (χ0) is 24.3. The molecule has 2 aliphatic rings. The number of piperidine rings is 1. The Balaban J connectivity index is 1.49. The molecule has 1 heterocycles. The van der Waals surface area contributed by atoms with Crippen LogP contribution in [0.1, 0.15) is 63.5 Å². The first-order valence-electron chi connectivity index (χ1n) is 12.5. The number of hydrogen-bond donors (Lipinski definition) is 1. The minimum Gasteiger partial charge on any atom is -0.466 e. The fraction of sp³-hybridized carbons (Fsp3) is 0.593. The number of anilines is 1. The van der Waals surface area contributed by atoms with E-state index >= 15 is 0 Å². The van der Waals surface area contributed by atoms with Crippen molar-refractivity contribution in [2.45, 2.75) is 71.1 Å². The van der Waals surface area contributed by atoms with Gasteiger partial charge in [-0.2, -0.15) is 13.2 Å². The second-order valence-corrected chi connectivity index (χ2v) is 9.94. The quantitative estimate of drug-likeness (QED) is 0.476. The second kappa shape index (κ2) is 10.5. The summed E-state index contributed by atoms with van der Waals surface area (Å²) in [6.07, 6.45) is 0.976. The van der Waals surface area contributed by atoms with Crippen LogP contribution in [0.3, 0.4) is 0 Å². The van der Waals surface area contributed by atoms with Gasteiger partial charge in [-0.05, 0) is 92.9 Å². The predicted octanol–water partition coefficient (Wildman–Crippen LogP) is 6.62. The van der Waals surface area contributed by atoms with Crippen molar-refractivity contribution in [2.75, 3.05) is 25.0 Å². The van der Waals surface area contributed by atoms with Crippen molar-refractivity contribution in [1.82, 2.24) is 4.90 Å². The molecule has 2 fully saturated rings. The molecule has 0 aromatic heterocycles. The van der Waals surface area contributed by atoms with Crippen LogP contribution in [0.15, 0.2) is 30.3 Å². The Morgan fingerprint density at radius 1 is 1.06 bits per heavy atom. The topological polar surface area (TPSA) is 41.6 Å². The van der Waals surface area contributed by atoms with E-state index in [2.05, 4.69) is 17.1 Å². The summed E-state index contributed by atoms with van der Waals surface area (Å²) in [5.74, 6) is 0.464. The first kappa shape index (κ1) is 24.8. The number of nitrogens with zero attached hydrogens (tertiary/aromatic N) is 1. The third-order valence-electron chi connectivity index (χ3n) is 7.36. The van der Waals surface area contributed by atoms with Crippen molar-refractivity contribution < 1.29 is 22.7 Å². The fourth-order valence-electron chi connectivity index (χ4n) is 5.37. The molecule has 186 valence electrons. The van der Waals surface area contributed by atoms with Crippen LogP contribution in [0.2, 0.25) is 0 Å². The molecule has 1 N–H and O–H groups in total. The van der Waals surface area contributed by atoms with Crippen molar-refractivity contribution in [3.63, 3.8) is 0 Å². The van der Waals surface area contributed by atoms with Crippen LogP contribution in [0.5, 0.6) is 0 Å². The Morgan fingerprint density at radius 3 is 2.41 bits per heavy atom. The lowest BCUT2D eigenvalue weighted by molar-refractivity contribution is -0.149. The van der Waals surface area contributed by atoms with Gasteiger partial charge < -0.3 is 10.1 Å². The van der Waals surface area contributed by atoms with Gasteiger partial charge in [0, 0.05) is 18.3 Å². The van der Waals surface area contributed by atoms with Crippen LogP contribution >= 0.6 is 0 Å². The number of hydrogen-bond acceptors (Lipinski definition) is 4. The second-order valence-electron chi connectivity index (χ2n) is 9.94. The van der Waals surface area contributed by atoms with E-state index in [1.54, 1.807) is 24.3 Å². The van der Waals surface area contributed by atoms with Crippen LogP contribution in [-0.2, 0) is 22.3 Å². The first-order valence-corrected chi connectivity index (χ1v) is 12.5. The van der Waals surface area contributed by atoms with Gasteiger partial charge in [0.1, 0.15) is 0 Å². The number of halogens is 3. The molecule has 0 bridgehead atoms. The summed E-state index contributed by atoms with van der Waals surface area (Å²) < 4.78 is 47.5. The van der Waals surface area contributed by atoms with E-state index in [1.165, 1.54) is 0 Å². The molecule has 0 spiro atoms. The van der Waals surface area contributed by atoms with Gasteiger partial charge in [-0.1, -0.05) is 25.1 Å². The maximum Gasteiger partial charge on any atom is 0.418 e. The zero-order valence-electron chi connectivity index (χ0n) is 20.1. The number of carbonyl (C=O) groups is 1. The van der Waals surface area contributed by atoms with Crippen molar-refractivity contribution in [2.24, 2.45) is 11.8 Å². The average Bonchev–Trinajstić information content (AvgIpc) is 2.80. The number of nitrogens with one attached hydrogen (secondary N) is 1. The summed E-state index contributed by atoms with van der Waals surface area (Å²) >= 11 is 0. The molecule has 2 aromatic carbocycles. The smallest absolute Gasteiger partial charge is 0.418 e. The Bertz CT molecular complexity index is 991. The van der Waals surface area contributed by atoms with E-state index in [0.717, 1.165) is 57.2 Å². The molecule has 1 saturated heterocycles. The highest BCUT2D eigenvalue weighted by Gasteiger charge is 2.36. The van der Waals surface area contributed by atoms with Gasteiger partial charge in [0.2, 0.25) is 0 Å². The molecule has 0 unspecified atom stereocenters. The Hall–Kier alpha value is -2.28. The largest absolute Gasteiger partial charge is 0.466 e. The number of esters is 1. The molecule has 1 aliphatic carbocycles. The number of rotatable bonds is 6. The van der Waals surface area contributed by atoms with Gasteiger partial charge in [0.05, 0.1) is 18.1 Å². The predicted molar refractivity (Wildman–Crippen MR) is 129 cm³/mol. The first-order chi connectivity index (χ1) is 16.2. The average molecular weight is 477 g/mol. The van der Waals surface area contributed by atoms with Crippen LogP contribution < -0.4 is 5.32 Å². The number of fused-ring (bicyclic) bond motifs is 1. The molecule has 1 aliphatic heterocycles. The van der Waals surface area contributed by atoms with Gasteiger partial charge >= 0.3 is 12.1 Å². The summed E-state index contributed by atoms with van der Waals surface area (Å²) in [5, 5.41) is 4.05. The summed E-state index contributed by atoms with van der Waals surface area (Å²) in [4.78, 5) is 14.2. The lowest BCUT2D eigenvalue weighted by Crippen LogP contribution is -2.36. The molecule has 4 rings (SSSR count). The highest BCUT2D eigenvalue weighted by atomic mass is 19.4.